The van der Waals surface area contributed by atoms with Crippen molar-refractivity contribution in [3.8, 4) is 17.7 Å². The highest BCUT2D eigenvalue weighted by molar-refractivity contribution is 6.32. The third-order valence-electron chi connectivity index (χ3n) is 5.53. The predicted molar refractivity (Wildman–Crippen MR) is 132 cm³/mol. The number of fused-ring (bicyclic) bond motifs is 2. The second-order valence-electron chi connectivity index (χ2n) is 7.71. The van der Waals surface area contributed by atoms with Crippen molar-refractivity contribution in [1.29, 1.82) is 5.26 Å². The van der Waals surface area contributed by atoms with Crippen LogP contribution < -0.4 is 10.3 Å². The number of imidazole rings is 1. The molecule has 2 aromatic carbocycles. The largest absolute Gasteiger partial charge is 0.437 e. The molecular formula is C26H18ClN5O2. The Morgan fingerprint density at radius 2 is 1.85 bits per heavy atom. The third kappa shape index (κ3) is 3.60. The first-order chi connectivity index (χ1) is 16.5. The highest BCUT2D eigenvalue weighted by Crippen LogP contribution is 2.31. The van der Waals surface area contributed by atoms with Gasteiger partial charge in [0, 0.05) is 13.2 Å². The molecule has 0 fully saturated rings. The monoisotopic (exact) mass is 467 g/mol. The predicted octanol–water partition coefficient (Wildman–Crippen LogP) is 5.40. The number of hydrogen-bond acceptors (Lipinski definition) is 5. The van der Waals surface area contributed by atoms with E-state index in [0.29, 0.717) is 22.2 Å². The first kappa shape index (κ1) is 21.4. The molecule has 0 saturated heterocycles. The van der Waals surface area contributed by atoms with Gasteiger partial charge in [0.25, 0.3) is 5.56 Å². The Kier molecular flexibility index (Phi) is 5.36. The van der Waals surface area contributed by atoms with E-state index < -0.39 is 0 Å². The number of allylic oxidation sites excluding steroid dienone is 1. The van der Waals surface area contributed by atoms with Crippen molar-refractivity contribution < 1.29 is 4.74 Å². The number of nitrogens with zero attached hydrogens (tertiary/aromatic N) is 5. The summed E-state index contributed by atoms with van der Waals surface area (Å²) in [5.74, 6) is 0.838. The zero-order valence-electron chi connectivity index (χ0n) is 18.4. The minimum atomic E-state index is -0.373. The molecule has 5 rings (SSSR count). The average molecular weight is 468 g/mol. The number of benzene rings is 2. The van der Waals surface area contributed by atoms with Crippen molar-refractivity contribution in [3.05, 3.63) is 99.2 Å². The molecular weight excluding hydrogens is 450 g/mol. The molecule has 3 aromatic heterocycles. The van der Waals surface area contributed by atoms with Gasteiger partial charge in [-0.2, -0.15) is 10.2 Å². The number of pyridine rings is 1. The molecule has 0 aliphatic rings. The summed E-state index contributed by atoms with van der Waals surface area (Å²) in [5.41, 5.74) is 2.82. The second-order valence-corrected chi connectivity index (χ2v) is 8.11. The van der Waals surface area contributed by atoms with E-state index in [9.17, 15) is 10.1 Å². The average Bonchev–Trinajstić information content (AvgIpc) is 3.17. The molecule has 7 nitrogen and oxygen atoms in total. The summed E-state index contributed by atoms with van der Waals surface area (Å²) >= 11 is 6.29. The molecule has 0 spiro atoms. The Labute approximate surface area is 199 Å². The number of ether oxygens (including phenoxy) is 1. The highest BCUT2D eigenvalue weighted by Gasteiger charge is 2.19. The van der Waals surface area contributed by atoms with E-state index in [1.54, 1.807) is 36.5 Å². The summed E-state index contributed by atoms with van der Waals surface area (Å²) < 4.78 is 9.27. The molecule has 166 valence electrons. The molecule has 3 heterocycles. The summed E-state index contributed by atoms with van der Waals surface area (Å²) in [6.07, 6.45) is 3.10. The van der Waals surface area contributed by atoms with Gasteiger partial charge < -0.3 is 9.30 Å². The van der Waals surface area contributed by atoms with Gasteiger partial charge >= 0.3 is 0 Å². The number of para-hydroxylation sites is 3. The van der Waals surface area contributed by atoms with Gasteiger partial charge in [-0.15, -0.1) is 0 Å². The number of rotatable bonds is 4. The van der Waals surface area contributed by atoms with Crippen molar-refractivity contribution in [3.63, 3.8) is 0 Å². The Morgan fingerprint density at radius 3 is 2.62 bits per heavy atom. The second kappa shape index (κ2) is 8.50. The highest BCUT2D eigenvalue weighted by atomic mass is 35.5. The fraction of sp³-hybridized carbons (Fsp3) is 0.0769. The van der Waals surface area contributed by atoms with Crippen LogP contribution in [0.4, 0.5) is 0 Å². The number of halogens is 1. The summed E-state index contributed by atoms with van der Waals surface area (Å²) in [4.78, 5) is 22.8. The first-order valence-corrected chi connectivity index (χ1v) is 10.8. The van der Waals surface area contributed by atoms with Gasteiger partial charge in [0.15, 0.2) is 5.82 Å². The van der Waals surface area contributed by atoms with E-state index >= 15 is 0 Å². The lowest BCUT2D eigenvalue weighted by molar-refractivity contribution is 0.461. The molecule has 0 bridgehead atoms. The van der Waals surface area contributed by atoms with E-state index in [1.807, 2.05) is 48.9 Å². The van der Waals surface area contributed by atoms with Crippen LogP contribution in [0.5, 0.6) is 11.6 Å². The van der Waals surface area contributed by atoms with Crippen LogP contribution in [0.15, 0.2) is 71.7 Å². The zero-order valence-corrected chi connectivity index (χ0v) is 19.1. The molecule has 34 heavy (non-hydrogen) atoms. The number of aryl methyl sites for hydroxylation is 2. The van der Waals surface area contributed by atoms with E-state index in [-0.39, 0.29) is 22.6 Å². The van der Waals surface area contributed by atoms with Crippen molar-refractivity contribution in [1.82, 2.24) is 18.9 Å². The lowest BCUT2D eigenvalue weighted by atomic mass is 10.1. The normalized spacial score (nSPS) is 11.6. The topological polar surface area (TPSA) is 85.2 Å². The van der Waals surface area contributed by atoms with Crippen LogP contribution in [-0.4, -0.2) is 18.9 Å². The van der Waals surface area contributed by atoms with Crippen LogP contribution in [-0.2, 0) is 7.05 Å². The third-order valence-corrected chi connectivity index (χ3v) is 5.84. The van der Waals surface area contributed by atoms with E-state index in [1.165, 1.54) is 10.5 Å². The van der Waals surface area contributed by atoms with Gasteiger partial charge in [-0.05, 0) is 48.9 Å². The molecule has 0 amide bonds. The van der Waals surface area contributed by atoms with E-state index in [4.69, 9.17) is 16.3 Å². The van der Waals surface area contributed by atoms with Crippen molar-refractivity contribution in [2.24, 2.45) is 7.05 Å². The maximum absolute atomic E-state index is 13.5. The molecule has 8 heteroatoms. The van der Waals surface area contributed by atoms with Crippen molar-refractivity contribution in [2.45, 2.75) is 6.92 Å². The molecule has 0 unspecified atom stereocenters. The summed E-state index contributed by atoms with van der Waals surface area (Å²) in [6.45, 7) is 1.86. The minimum absolute atomic E-state index is 0.0546. The van der Waals surface area contributed by atoms with Crippen LogP contribution in [0.1, 0.15) is 17.0 Å². The van der Waals surface area contributed by atoms with Crippen LogP contribution >= 0.6 is 11.6 Å². The molecule has 0 N–H and O–H groups in total. The fourth-order valence-electron chi connectivity index (χ4n) is 3.80. The SMILES string of the molecule is Cc1cccn2c(=O)c(C=C(C#N)c3nc4ccccc4n3C)c(Oc3ccccc3Cl)nc12. The number of aromatic nitrogens is 4. The number of hydrogen-bond donors (Lipinski definition) is 0. The van der Waals surface area contributed by atoms with Crippen LogP contribution in [0.25, 0.3) is 28.3 Å². The minimum Gasteiger partial charge on any atom is -0.437 e. The van der Waals surface area contributed by atoms with Crippen LogP contribution in [0.2, 0.25) is 5.02 Å². The maximum atomic E-state index is 13.5. The smallest absolute Gasteiger partial charge is 0.269 e. The standard InChI is InChI=1S/C26H18ClN5O2/c1-16-8-7-13-32-23(16)30-25(34-22-12-6-3-9-19(22)27)18(26(32)33)14-17(15-28)24-29-20-10-4-5-11-21(20)31(24)2/h3-14H,1-2H3. The van der Waals surface area contributed by atoms with Crippen LogP contribution in [0.3, 0.4) is 0 Å². The van der Waals surface area contributed by atoms with E-state index in [2.05, 4.69) is 16.0 Å². The Morgan fingerprint density at radius 1 is 1.09 bits per heavy atom. The lowest BCUT2D eigenvalue weighted by Gasteiger charge is -2.12. The number of nitriles is 1. The molecule has 5 aromatic rings. The maximum Gasteiger partial charge on any atom is 0.269 e. The van der Waals surface area contributed by atoms with Gasteiger partial charge in [0.1, 0.15) is 23.0 Å². The van der Waals surface area contributed by atoms with Crippen LogP contribution in [0, 0.1) is 18.3 Å². The molecule has 0 aliphatic heterocycles. The fourth-order valence-corrected chi connectivity index (χ4v) is 3.98. The van der Waals surface area contributed by atoms with Gasteiger partial charge in [-0.3, -0.25) is 9.20 Å². The van der Waals surface area contributed by atoms with Crippen molar-refractivity contribution in [2.75, 3.05) is 0 Å². The summed E-state index contributed by atoms with van der Waals surface area (Å²) in [7, 11) is 1.83. The zero-order chi connectivity index (χ0) is 23.8. The first-order valence-electron chi connectivity index (χ1n) is 10.5. The van der Waals surface area contributed by atoms with Gasteiger partial charge in [0.05, 0.1) is 21.6 Å². The summed E-state index contributed by atoms with van der Waals surface area (Å²) in [5, 5.41) is 10.4. The molecule has 0 aliphatic carbocycles. The Balaban J connectivity index is 1.77. The Hall–Kier alpha value is -4.41. The van der Waals surface area contributed by atoms with E-state index in [0.717, 1.165) is 16.6 Å². The van der Waals surface area contributed by atoms with Gasteiger partial charge in [-0.1, -0.05) is 41.9 Å². The molecule has 0 atom stereocenters. The quantitative estimate of drug-likeness (QED) is 0.330. The lowest BCUT2D eigenvalue weighted by Crippen LogP contribution is -2.19. The summed E-state index contributed by atoms with van der Waals surface area (Å²) in [6, 6.07) is 20.3. The van der Waals surface area contributed by atoms with Gasteiger partial charge in [0.2, 0.25) is 5.88 Å². The molecule has 0 radical (unpaired) electrons. The van der Waals surface area contributed by atoms with Crippen molar-refractivity contribution >= 4 is 39.9 Å². The Bertz CT molecular complexity index is 1710. The van der Waals surface area contributed by atoms with Gasteiger partial charge in [-0.25, -0.2) is 4.98 Å². The molecule has 0 saturated carbocycles.